The van der Waals surface area contributed by atoms with Gasteiger partial charge in [0, 0.05) is 12.5 Å². The second kappa shape index (κ2) is 4.84. The Morgan fingerprint density at radius 2 is 2.24 bits per heavy atom. The fourth-order valence-corrected chi connectivity index (χ4v) is 2.17. The smallest absolute Gasteiger partial charge is 0.224 e. The molecule has 0 radical (unpaired) electrons. The first-order valence-electron chi connectivity index (χ1n) is 5.99. The molecule has 0 spiro atoms. The van der Waals surface area contributed by atoms with Crippen molar-refractivity contribution in [1.82, 2.24) is 0 Å². The topological polar surface area (TPSA) is 55.1 Å². The molecule has 0 fully saturated rings. The van der Waals surface area contributed by atoms with Crippen LogP contribution < -0.4 is 11.1 Å². The number of aryl methyl sites for hydroxylation is 1. The van der Waals surface area contributed by atoms with Gasteiger partial charge in [0.2, 0.25) is 5.91 Å². The minimum Gasteiger partial charge on any atom is -0.324 e. The molecule has 1 aliphatic heterocycles. The van der Waals surface area contributed by atoms with Crippen molar-refractivity contribution in [3.8, 4) is 0 Å². The van der Waals surface area contributed by atoms with Crippen molar-refractivity contribution in [1.29, 1.82) is 0 Å². The number of nitrogens with one attached hydrogen (secondary N) is 1. The highest BCUT2D eigenvalue weighted by molar-refractivity contribution is 5.94. The van der Waals surface area contributed by atoms with Gasteiger partial charge in [-0.05, 0) is 30.0 Å². The Labute approximate surface area is 100 Å². The summed E-state index contributed by atoms with van der Waals surface area (Å²) in [6.07, 6.45) is 2.81. The van der Waals surface area contributed by atoms with Gasteiger partial charge in [0.1, 0.15) is 5.82 Å². The number of amides is 1. The van der Waals surface area contributed by atoms with Gasteiger partial charge >= 0.3 is 0 Å². The molecule has 0 aromatic heterocycles. The second-order valence-electron chi connectivity index (χ2n) is 4.48. The lowest BCUT2D eigenvalue weighted by Crippen LogP contribution is -2.21. The summed E-state index contributed by atoms with van der Waals surface area (Å²) in [5, 5.41) is 2.57. The van der Waals surface area contributed by atoms with E-state index in [9.17, 15) is 9.18 Å². The van der Waals surface area contributed by atoms with Crippen LogP contribution in [0.2, 0.25) is 0 Å². The number of halogens is 1. The van der Waals surface area contributed by atoms with Crippen molar-refractivity contribution in [2.45, 2.75) is 38.6 Å². The fourth-order valence-electron chi connectivity index (χ4n) is 2.17. The highest BCUT2D eigenvalue weighted by Crippen LogP contribution is 2.29. The lowest BCUT2D eigenvalue weighted by molar-refractivity contribution is -0.116. The lowest BCUT2D eigenvalue weighted by atomic mass is 9.95. The molecule has 17 heavy (non-hydrogen) atoms. The molecule has 1 aromatic rings. The highest BCUT2D eigenvalue weighted by atomic mass is 19.1. The van der Waals surface area contributed by atoms with Crippen LogP contribution in [0.4, 0.5) is 10.1 Å². The number of carbonyl (C=O) groups excluding carboxylic acids is 1. The largest absolute Gasteiger partial charge is 0.324 e. The van der Waals surface area contributed by atoms with Gasteiger partial charge in [-0.15, -0.1) is 0 Å². The maximum absolute atomic E-state index is 13.8. The van der Waals surface area contributed by atoms with Gasteiger partial charge in [0.15, 0.2) is 0 Å². The lowest BCUT2D eigenvalue weighted by Gasteiger charge is -2.20. The predicted molar refractivity (Wildman–Crippen MR) is 65.2 cm³/mol. The van der Waals surface area contributed by atoms with E-state index in [1.165, 1.54) is 6.07 Å². The molecule has 2 rings (SSSR count). The van der Waals surface area contributed by atoms with Crippen LogP contribution in [0, 0.1) is 5.82 Å². The Kier molecular flexibility index (Phi) is 3.43. The summed E-state index contributed by atoms with van der Waals surface area (Å²) in [6, 6.07) is 3.22. The van der Waals surface area contributed by atoms with Crippen molar-refractivity contribution in [2.24, 2.45) is 5.73 Å². The summed E-state index contributed by atoms with van der Waals surface area (Å²) in [5.41, 5.74) is 7.98. The fraction of sp³-hybridized carbons (Fsp3) is 0.462. The highest BCUT2D eigenvalue weighted by Gasteiger charge is 2.20. The molecule has 92 valence electrons. The average Bonchev–Trinajstić information content (AvgIpc) is 2.30. The van der Waals surface area contributed by atoms with Crippen LogP contribution in [0.25, 0.3) is 0 Å². The standard InChI is InChI=1S/C13H17FN2O/c1-2-3-11(15)9-6-8-4-5-12(17)16-13(8)10(14)7-9/h6-7,11H,2-5,15H2,1H3,(H,16,17). The van der Waals surface area contributed by atoms with Gasteiger partial charge in [-0.3, -0.25) is 4.79 Å². The maximum atomic E-state index is 13.8. The number of rotatable bonds is 3. The Bertz CT molecular complexity index is 445. The third kappa shape index (κ3) is 2.47. The molecule has 1 aliphatic rings. The zero-order valence-electron chi connectivity index (χ0n) is 9.92. The number of benzene rings is 1. The molecule has 4 heteroatoms. The van der Waals surface area contributed by atoms with Gasteiger partial charge in [-0.25, -0.2) is 4.39 Å². The summed E-state index contributed by atoms with van der Waals surface area (Å²) in [5.74, 6) is -0.501. The third-order valence-electron chi connectivity index (χ3n) is 3.11. The van der Waals surface area contributed by atoms with Crippen LogP contribution in [0.15, 0.2) is 12.1 Å². The molecule has 1 aromatic carbocycles. The molecule has 0 saturated carbocycles. The summed E-state index contributed by atoms with van der Waals surface area (Å²) < 4.78 is 13.8. The van der Waals surface area contributed by atoms with E-state index in [0.29, 0.717) is 18.5 Å². The first-order chi connectivity index (χ1) is 8.11. The first kappa shape index (κ1) is 12.0. The van der Waals surface area contributed by atoms with Crippen molar-refractivity contribution in [2.75, 3.05) is 5.32 Å². The van der Waals surface area contributed by atoms with Crippen LogP contribution in [-0.2, 0) is 11.2 Å². The third-order valence-corrected chi connectivity index (χ3v) is 3.11. The molecule has 0 aliphatic carbocycles. The zero-order chi connectivity index (χ0) is 12.4. The van der Waals surface area contributed by atoms with E-state index in [-0.39, 0.29) is 17.8 Å². The molecule has 3 nitrogen and oxygen atoms in total. The van der Waals surface area contributed by atoms with Crippen molar-refractivity contribution in [3.63, 3.8) is 0 Å². The number of hydrogen-bond acceptors (Lipinski definition) is 2. The van der Waals surface area contributed by atoms with Crippen molar-refractivity contribution < 1.29 is 9.18 Å². The SMILES string of the molecule is CCCC(N)c1cc(F)c2c(c1)CCC(=O)N2. The van der Waals surface area contributed by atoms with Gasteiger partial charge in [0.25, 0.3) is 0 Å². The van der Waals surface area contributed by atoms with Gasteiger partial charge in [0.05, 0.1) is 5.69 Å². The number of fused-ring (bicyclic) bond motifs is 1. The second-order valence-corrected chi connectivity index (χ2v) is 4.48. The molecular formula is C13H17FN2O. The van der Waals surface area contributed by atoms with Crippen molar-refractivity contribution >= 4 is 11.6 Å². The van der Waals surface area contributed by atoms with Gasteiger partial charge < -0.3 is 11.1 Å². The molecule has 0 bridgehead atoms. The minimum atomic E-state index is -0.378. The Morgan fingerprint density at radius 3 is 2.94 bits per heavy atom. The number of hydrogen-bond donors (Lipinski definition) is 2. The van der Waals surface area contributed by atoms with Gasteiger partial charge in [-0.2, -0.15) is 0 Å². The number of anilines is 1. The Morgan fingerprint density at radius 1 is 1.47 bits per heavy atom. The van der Waals surface area contributed by atoms with Crippen LogP contribution >= 0.6 is 0 Å². The van der Waals surface area contributed by atoms with E-state index in [0.717, 1.165) is 24.0 Å². The molecule has 3 N–H and O–H groups in total. The molecule has 1 heterocycles. The molecule has 1 amide bonds. The summed E-state index contributed by atoms with van der Waals surface area (Å²) >= 11 is 0. The summed E-state index contributed by atoms with van der Waals surface area (Å²) in [4.78, 5) is 11.2. The number of nitrogens with two attached hydrogens (primary N) is 1. The van der Waals surface area contributed by atoms with E-state index >= 15 is 0 Å². The van der Waals surface area contributed by atoms with E-state index in [2.05, 4.69) is 12.2 Å². The zero-order valence-corrected chi connectivity index (χ0v) is 9.92. The Hall–Kier alpha value is -1.42. The quantitative estimate of drug-likeness (QED) is 0.847. The average molecular weight is 236 g/mol. The number of carbonyl (C=O) groups is 1. The summed E-state index contributed by atoms with van der Waals surface area (Å²) in [6.45, 7) is 2.05. The maximum Gasteiger partial charge on any atom is 0.224 e. The van der Waals surface area contributed by atoms with Crippen molar-refractivity contribution in [3.05, 3.63) is 29.1 Å². The first-order valence-corrected chi connectivity index (χ1v) is 5.99. The van der Waals surface area contributed by atoms with E-state index < -0.39 is 0 Å². The normalized spacial score (nSPS) is 16.3. The van der Waals surface area contributed by atoms with Gasteiger partial charge in [-0.1, -0.05) is 19.4 Å². The Balaban J connectivity index is 2.34. The molecule has 1 unspecified atom stereocenters. The molecular weight excluding hydrogens is 219 g/mol. The van der Waals surface area contributed by atoms with Crippen LogP contribution in [-0.4, -0.2) is 5.91 Å². The summed E-state index contributed by atoms with van der Waals surface area (Å²) in [7, 11) is 0. The van der Waals surface area contributed by atoms with E-state index in [1.807, 2.05) is 6.07 Å². The molecule has 1 atom stereocenters. The monoisotopic (exact) mass is 236 g/mol. The van der Waals surface area contributed by atoms with E-state index in [4.69, 9.17) is 5.73 Å². The minimum absolute atomic E-state index is 0.123. The van der Waals surface area contributed by atoms with E-state index in [1.54, 1.807) is 0 Å². The van der Waals surface area contributed by atoms with Crippen LogP contribution in [0.5, 0.6) is 0 Å². The van der Waals surface area contributed by atoms with Crippen LogP contribution in [0.1, 0.15) is 43.4 Å². The van der Waals surface area contributed by atoms with Crippen LogP contribution in [0.3, 0.4) is 0 Å². The molecule has 0 saturated heterocycles. The predicted octanol–water partition coefficient (Wildman–Crippen LogP) is 2.51.